The van der Waals surface area contributed by atoms with Gasteiger partial charge in [-0.15, -0.1) is 11.6 Å². The zero-order valence-corrected chi connectivity index (χ0v) is 5.56. The van der Waals surface area contributed by atoms with Gasteiger partial charge in [-0.25, -0.2) is 0 Å². The molecule has 1 saturated heterocycles. The molecular weight excluding hydrogens is 142 g/mol. The highest BCUT2D eigenvalue weighted by Crippen LogP contribution is 2.13. The van der Waals surface area contributed by atoms with Crippen LogP contribution in [0.15, 0.2) is 0 Å². The second-order valence-electron chi connectivity index (χ2n) is 2.07. The Morgan fingerprint density at radius 2 is 2.44 bits per heavy atom. The molecule has 0 aliphatic carbocycles. The Morgan fingerprint density at radius 3 is 2.67 bits per heavy atom. The van der Waals surface area contributed by atoms with Crippen molar-refractivity contribution in [2.75, 3.05) is 6.54 Å². The molecule has 0 aromatic heterocycles. The van der Waals surface area contributed by atoms with Gasteiger partial charge in [-0.1, -0.05) is 0 Å². The van der Waals surface area contributed by atoms with Gasteiger partial charge in [0.05, 0.1) is 5.38 Å². The third kappa shape index (κ3) is 1.34. The van der Waals surface area contributed by atoms with Crippen LogP contribution in [0.5, 0.6) is 0 Å². The van der Waals surface area contributed by atoms with Crippen molar-refractivity contribution in [3.05, 3.63) is 0 Å². The van der Waals surface area contributed by atoms with E-state index in [4.69, 9.17) is 16.7 Å². The molecule has 1 aliphatic rings. The van der Waals surface area contributed by atoms with Gasteiger partial charge in [0.2, 0.25) is 0 Å². The fourth-order valence-corrected chi connectivity index (χ4v) is 1.22. The van der Waals surface area contributed by atoms with E-state index in [1.54, 1.807) is 0 Å². The van der Waals surface area contributed by atoms with Crippen LogP contribution >= 0.6 is 11.6 Å². The van der Waals surface area contributed by atoms with E-state index >= 15 is 0 Å². The van der Waals surface area contributed by atoms with Gasteiger partial charge in [0, 0.05) is 0 Å². The predicted octanol–water partition coefficient (Wildman–Crippen LogP) is 0.0403. The van der Waals surface area contributed by atoms with Crippen LogP contribution in [-0.4, -0.2) is 29.0 Å². The SMILES string of the molecule is O=C(O)C1NCCC1Cl. The van der Waals surface area contributed by atoms with Gasteiger partial charge in [-0.05, 0) is 13.0 Å². The van der Waals surface area contributed by atoms with Crippen LogP contribution in [0.4, 0.5) is 0 Å². The molecule has 0 spiro atoms. The van der Waals surface area contributed by atoms with E-state index in [-0.39, 0.29) is 5.38 Å². The highest BCUT2D eigenvalue weighted by Gasteiger charge is 2.30. The summed E-state index contributed by atoms with van der Waals surface area (Å²) >= 11 is 5.63. The average Bonchev–Trinajstić information content (AvgIpc) is 2.13. The topological polar surface area (TPSA) is 49.3 Å². The zero-order valence-electron chi connectivity index (χ0n) is 4.80. The number of rotatable bonds is 1. The number of aliphatic carboxylic acids is 1. The first-order valence-corrected chi connectivity index (χ1v) is 3.25. The molecule has 2 unspecified atom stereocenters. The average molecular weight is 150 g/mol. The third-order valence-corrected chi connectivity index (χ3v) is 1.88. The summed E-state index contributed by atoms with van der Waals surface area (Å²) in [4.78, 5) is 10.3. The Bertz CT molecular complexity index is 128. The van der Waals surface area contributed by atoms with Crippen molar-refractivity contribution in [3.8, 4) is 0 Å². The lowest BCUT2D eigenvalue weighted by Crippen LogP contribution is -2.35. The largest absolute Gasteiger partial charge is 0.480 e. The van der Waals surface area contributed by atoms with E-state index in [1.165, 1.54) is 0 Å². The number of hydrogen-bond acceptors (Lipinski definition) is 2. The molecule has 0 radical (unpaired) electrons. The second kappa shape index (κ2) is 2.54. The molecule has 2 atom stereocenters. The number of halogens is 1. The van der Waals surface area contributed by atoms with Gasteiger partial charge in [0.1, 0.15) is 6.04 Å². The monoisotopic (exact) mass is 149 g/mol. The summed E-state index contributed by atoms with van der Waals surface area (Å²) < 4.78 is 0. The quantitative estimate of drug-likeness (QED) is 0.518. The van der Waals surface area contributed by atoms with Crippen LogP contribution < -0.4 is 5.32 Å². The summed E-state index contributed by atoms with van der Waals surface area (Å²) in [6.45, 7) is 0.713. The van der Waals surface area contributed by atoms with Crippen LogP contribution in [0.3, 0.4) is 0 Å². The smallest absolute Gasteiger partial charge is 0.322 e. The molecule has 1 fully saturated rings. The number of hydrogen-bond donors (Lipinski definition) is 2. The summed E-state index contributed by atoms with van der Waals surface area (Å²) in [7, 11) is 0. The second-order valence-corrected chi connectivity index (χ2v) is 2.64. The molecule has 0 aromatic rings. The molecular formula is C5H8ClNO2. The van der Waals surface area contributed by atoms with Crippen LogP contribution in [0.25, 0.3) is 0 Å². The minimum Gasteiger partial charge on any atom is -0.480 e. The molecule has 9 heavy (non-hydrogen) atoms. The molecule has 1 rings (SSSR count). The lowest BCUT2D eigenvalue weighted by atomic mass is 10.2. The molecule has 1 aliphatic heterocycles. The van der Waals surface area contributed by atoms with Gasteiger partial charge in [-0.2, -0.15) is 0 Å². The summed E-state index contributed by atoms with van der Waals surface area (Å²) in [6, 6.07) is -0.535. The van der Waals surface area contributed by atoms with E-state index in [2.05, 4.69) is 5.32 Å². The maximum atomic E-state index is 10.3. The number of alkyl halides is 1. The fraction of sp³-hybridized carbons (Fsp3) is 0.800. The molecule has 0 aromatic carbocycles. The van der Waals surface area contributed by atoms with Crippen molar-refractivity contribution in [3.63, 3.8) is 0 Å². The molecule has 2 N–H and O–H groups in total. The summed E-state index contributed by atoms with van der Waals surface area (Å²) in [5, 5.41) is 11.0. The Balaban J connectivity index is 2.49. The van der Waals surface area contributed by atoms with Crippen molar-refractivity contribution in [2.45, 2.75) is 17.8 Å². The molecule has 52 valence electrons. The molecule has 4 heteroatoms. The Hall–Kier alpha value is -0.280. The first-order chi connectivity index (χ1) is 4.22. The van der Waals surface area contributed by atoms with E-state index in [0.717, 1.165) is 6.42 Å². The van der Waals surface area contributed by atoms with E-state index in [0.29, 0.717) is 6.54 Å². The van der Waals surface area contributed by atoms with E-state index in [9.17, 15) is 4.79 Å². The third-order valence-electron chi connectivity index (χ3n) is 1.41. The normalized spacial score (nSPS) is 34.8. The number of nitrogens with one attached hydrogen (secondary N) is 1. The molecule has 0 bridgehead atoms. The minimum atomic E-state index is -0.854. The Labute approximate surface area is 58.0 Å². The number of carboxylic acids is 1. The van der Waals surface area contributed by atoms with Crippen molar-refractivity contribution in [1.82, 2.24) is 5.32 Å². The minimum absolute atomic E-state index is 0.234. The van der Waals surface area contributed by atoms with Gasteiger partial charge in [0.15, 0.2) is 0 Å². The Morgan fingerprint density at radius 1 is 1.78 bits per heavy atom. The standard InChI is InChI=1S/C5H8ClNO2/c6-3-1-2-7-4(3)5(8)9/h3-4,7H,1-2H2,(H,8,9). The molecule has 0 saturated carbocycles. The zero-order chi connectivity index (χ0) is 6.85. The van der Waals surface area contributed by atoms with Crippen molar-refractivity contribution < 1.29 is 9.90 Å². The maximum Gasteiger partial charge on any atom is 0.322 e. The van der Waals surface area contributed by atoms with Gasteiger partial charge in [-0.3, -0.25) is 4.79 Å². The van der Waals surface area contributed by atoms with Crippen LogP contribution in [-0.2, 0) is 4.79 Å². The summed E-state index contributed by atoms with van der Waals surface area (Å²) in [6.07, 6.45) is 0.749. The first-order valence-electron chi connectivity index (χ1n) is 2.82. The van der Waals surface area contributed by atoms with Crippen molar-refractivity contribution in [2.24, 2.45) is 0 Å². The number of carboxylic acid groups (broad SMARTS) is 1. The first kappa shape index (κ1) is 6.83. The maximum absolute atomic E-state index is 10.3. The molecule has 3 nitrogen and oxygen atoms in total. The van der Waals surface area contributed by atoms with E-state index in [1.807, 2.05) is 0 Å². The lowest BCUT2D eigenvalue weighted by molar-refractivity contribution is -0.138. The van der Waals surface area contributed by atoms with Gasteiger partial charge in [0.25, 0.3) is 0 Å². The van der Waals surface area contributed by atoms with Gasteiger partial charge < -0.3 is 10.4 Å². The van der Waals surface area contributed by atoms with Crippen LogP contribution in [0.2, 0.25) is 0 Å². The summed E-state index contributed by atoms with van der Waals surface area (Å²) in [5.41, 5.74) is 0. The van der Waals surface area contributed by atoms with Crippen LogP contribution in [0.1, 0.15) is 6.42 Å². The molecule has 0 amide bonds. The van der Waals surface area contributed by atoms with Crippen molar-refractivity contribution in [1.29, 1.82) is 0 Å². The van der Waals surface area contributed by atoms with Crippen LogP contribution in [0, 0.1) is 0 Å². The predicted molar refractivity (Wildman–Crippen MR) is 33.7 cm³/mol. The number of carbonyl (C=O) groups is 1. The fourth-order valence-electron chi connectivity index (χ4n) is 0.913. The summed E-state index contributed by atoms with van der Waals surface area (Å²) in [5.74, 6) is -0.854. The van der Waals surface area contributed by atoms with Crippen molar-refractivity contribution >= 4 is 17.6 Å². The van der Waals surface area contributed by atoms with E-state index < -0.39 is 12.0 Å². The molecule has 1 heterocycles. The lowest BCUT2D eigenvalue weighted by Gasteiger charge is -2.05. The Kier molecular flexibility index (Phi) is 1.93. The van der Waals surface area contributed by atoms with Gasteiger partial charge >= 0.3 is 5.97 Å². The highest BCUT2D eigenvalue weighted by atomic mass is 35.5. The highest BCUT2D eigenvalue weighted by molar-refractivity contribution is 6.22.